The van der Waals surface area contributed by atoms with E-state index in [0.717, 1.165) is 18.8 Å². The summed E-state index contributed by atoms with van der Waals surface area (Å²) >= 11 is 0. The minimum Gasteiger partial charge on any atom is -0.393 e. The molecule has 8 atom stereocenters. The Bertz CT molecular complexity index is 853. The molecule has 0 bridgehead atoms. The van der Waals surface area contributed by atoms with E-state index in [1.54, 1.807) is 0 Å². The number of carbonyl (C=O) groups is 1. The van der Waals surface area contributed by atoms with Gasteiger partial charge in [-0.3, -0.25) is 4.79 Å². The van der Waals surface area contributed by atoms with E-state index < -0.39 is 5.41 Å². The number of ketones is 1. The van der Waals surface area contributed by atoms with Crippen molar-refractivity contribution in [1.82, 2.24) is 0 Å². The molecule has 5 rings (SSSR count). The topological polar surface area (TPSA) is 37.3 Å². The molecule has 2 heteroatoms. The van der Waals surface area contributed by atoms with Crippen LogP contribution in [0, 0.1) is 50.2 Å². The Morgan fingerprint density at radius 2 is 1.53 bits per heavy atom. The van der Waals surface area contributed by atoms with Crippen LogP contribution >= 0.6 is 0 Å². The number of carbonyl (C=O) groups excluding carboxylic acids is 1. The van der Waals surface area contributed by atoms with Gasteiger partial charge >= 0.3 is 0 Å². The monoisotopic (exact) mass is 440 g/mol. The van der Waals surface area contributed by atoms with Crippen LogP contribution in [0.4, 0.5) is 0 Å². The number of hydrogen-bond acceptors (Lipinski definition) is 2. The minimum atomic E-state index is -0.409. The van der Waals surface area contributed by atoms with Crippen LogP contribution in [-0.2, 0) is 4.79 Å². The summed E-state index contributed by atoms with van der Waals surface area (Å²) in [7, 11) is 0. The van der Waals surface area contributed by atoms with Crippen molar-refractivity contribution in [1.29, 1.82) is 0 Å². The van der Waals surface area contributed by atoms with Crippen molar-refractivity contribution in [2.75, 3.05) is 0 Å². The van der Waals surface area contributed by atoms with Gasteiger partial charge in [0.1, 0.15) is 5.78 Å². The summed E-state index contributed by atoms with van der Waals surface area (Å²) in [6.45, 7) is 21.4. The Hall–Kier alpha value is -0.630. The van der Waals surface area contributed by atoms with Crippen molar-refractivity contribution < 1.29 is 9.90 Å². The third-order valence-electron chi connectivity index (χ3n) is 13.4. The fourth-order valence-electron chi connectivity index (χ4n) is 11.2. The number of aliphatic hydroxyl groups is 1. The van der Waals surface area contributed by atoms with Gasteiger partial charge in [0.25, 0.3) is 0 Å². The lowest BCUT2D eigenvalue weighted by molar-refractivity contribution is -0.251. The van der Waals surface area contributed by atoms with E-state index >= 15 is 0 Å². The van der Waals surface area contributed by atoms with Gasteiger partial charge in [0.15, 0.2) is 0 Å². The molecule has 0 aromatic rings. The molecule has 180 valence electrons. The quantitative estimate of drug-likeness (QED) is 0.400. The first-order valence-corrected chi connectivity index (χ1v) is 13.6. The van der Waals surface area contributed by atoms with Crippen molar-refractivity contribution >= 4 is 5.78 Å². The Balaban J connectivity index is 1.54. The zero-order valence-electron chi connectivity index (χ0n) is 21.9. The van der Waals surface area contributed by atoms with E-state index in [1.165, 1.54) is 50.5 Å². The van der Waals surface area contributed by atoms with E-state index in [-0.39, 0.29) is 28.3 Å². The highest BCUT2D eigenvalue weighted by Gasteiger charge is 2.71. The average molecular weight is 441 g/mol. The van der Waals surface area contributed by atoms with Gasteiger partial charge in [-0.05, 0) is 96.7 Å². The molecule has 0 aliphatic heterocycles. The zero-order chi connectivity index (χ0) is 23.5. The molecule has 0 unspecified atom stereocenters. The van der Waals surface area contributed by atoms with Crippen molar-refractivity contribution in [3.05, 3.63) is 12.2 Å². The molecular weight excluding hydrogens is 392 g/mol. The van der Waals surface area contributed by atoms with Gasteiger partial charge in [-0.2, -0.15) is 0 Å². The van der Waals surface area contributed by atoms with Crippen molar-refractivity contribution in [3.63, 3.8) is 0 Å². The lowest BCUT2D eigenvalue weighted by Gasteiger charge is -2.72. The van der Waals surface area contributed by atoms with Crippen molar-refractivity contribution in [2.24, 2.45) is 50.2 Å². The molecule has 5 fully saturated rings. The van der Waals surface area contributed by atoms with Gasteiger partial charge in [0.05, 0.1) is 6.10 Å². The predicted octanol–water partition coefficient (Wildman–Crippen LogP) is 7.35. The van der Waals surface area contributed by atoms with Crippen LogP contribution in [-0.4, -0.2) is 17.0 Å². The summed E-state index contributed by atoms with van der Waals surface area (Å²) in [5.41, 5.74) is 2.26. The van der Waals surface area contributed by atoms with Gasteiger partial charge in [-0.25, -0.2) is 0 Å². The highest BCUT2D eigenvalue weighted by molar-refractivity contribution is 5.85. The first kappa shape index (κ1) is 23.1. The number of allylic oxidation sites excluding steroid dienone is 1. The minimum absolute atomic E-state index is 0.0587. The second-order valence-electron chi connectivity index (χ2n) is 14.8. The zero-order valence-corrected chi connectivity index (χ0v) is 21.9. The van der Waals surface area contributed by atoms with Gasteiger partial charge in [0.2, 0.25) is 0 Å². The second kappa shape index (κ2) is 6.52. The smallest absolute Gasteiger partial charge is 0.138 e. The summed E-state index contributed by atoms with van der Waals surface area (Å²) in [5, 5.41) is 11.7. The van der Waals surface area contributed by atoms with Crippen LogP contribution in [0.3, 0.4) is 0 Å². The van der Waals surface area contributed by atoms with Gasteiger partial charge in [-0.1, -0.05) is 60.6 Å². The van der Waals surface area contributed by atoms with E-state index in [1.807, 2.05) is 0 Å². The van der Waals surface area contributed by atoms with Crippen LogP contribution in [0.5, 0.6) is 0 Å². The van der Waals surface area contributed by atoms with Crippen LogP contribution in [0.2, 0.25) is 0 Å². The molecule has 2 nitrogen and oxygen atoms in total. The Labute approximate surface area is 197 Å². The number of Topliss-reactive ketones (excluding diaryl/α,β-unsaturated/α-hetero) is 1. The molecule has 0 radical (unpaired) electrons. The van der Waals surface area contributed by atoms with E-state index in [0.29, 0.717) is 29.0 Å². The maximum absolute atomic E-state index is 12.9. The van der Waals surface area contributed by atoms with Gasteiger partial charge in [-0.15, -0.1) is 0 Å². The summed E-state index contributed by atoms with van der Waals surface area (Å²) in [5.74, 6) is 1.78. The number of hydrogen-bond donors (Lipinski definition) is 1. The lowest BCUT2D eigenvalue weighted by Crippen LogP contribution is -2.68. The normalized spacial score (nSPS) is 54.1. The Morgan fingerprint density at radius 3 is 2.16 bits per heavy atom. The molecular formula is C30H48O2. The maximum atomic E-state index is 12.9. The molecule has 0 aromatic carbocycles. The summed E-state index contributed by atoms with van der Waals surface area (Å²) < 4.78 is 0. The molecule has 0 saturated heterocycles. The van der Waals surface area contributed by atoms with Crippen LogP contribution < -0.4 is 0 Å². The molecule has 0 amide bonds. The Morgan fingerprint density at radius 1 is 0.844 bits per heavy atom. The Kier molecular flexibility index (Phi) is 4.71. The molecule has 5 aliphatic rings. The van der Waals surface area contributed by atoms with Crippen molar-refractivity contribution in [3.8, 4) is 0 Å². The van der Waals surface area contributed by atoms with E-state index in [2.05, 4.69) is 55.0 Å². The highest BCUT2D eigenvalue weighted by atomic mass is 16.3. The maximum Gasteiger partial charge on any atom is 0.138 e. The van der Waals surface area contributed by atoms with Crippen molar-refractivity contribution in [2.45, 2.75) is 119 Å². The SMILES string of the molecule is C=C1CCC(C)(C)[C@@]12CC[C@]1(C)[C@H](CC[C@@H]3[C@@]4(C)CCC(=O)C(C)(C)[C@H]4[C@H](O)C[C@]31C)C2. The summed E-state index contributed by atoms with van der Waals surface area (Å²) in [4.78, 5) is 12.9. The lowest BCUT2D eigenvalue weighted by atomic mass is 9.32. The third-order valence-corrected chi connectivity index (χ3v) is 13.4. The summed E-state index contributed by atoms with van der Waals surface area (Å²) in [6, 6.07) is 0. The molecule has 1 spiro atoms. The molecule has 1 N–H and O–H groups in total. The highest BCUT2D eigenvalue weighted by Crippen LogP contribution is 2.76. The average Bonchev–Trinajstić information content (AvgIpc) is 2.89. The fraction of sp³-hybridized carbons (Fsp3) is 0.900. The largest absolute Gasteiger partial charge is 0.393 e. The fourth-order valence-corrected chi connectivity index (χ4v) is 11.2. The standard InChI is InChI=1S/C30H48O2/c1-19-11-13-25(2,3)30(19)16-15-28(7)20(17-30)9-10-22-27(6)14-12-23(32)26(4,5)24(27)21(31)18-29(22,28)8/h20-22,24,31H,1,9-18H2,2-8H3/t20-,21-,22-,24-,27-,28-,29-,30-/m1/s1. The van der Waals surface area contributed by atoms with Gasteiger partial charge in [0, 0.05) is 17.8 Å². The molecule has 0 heterocycles. The number of rotatable bonds is 0. The molecule has 0 aromatic heterocycles. The van der Waals surface area contributed by atoms with Crippen LogP contribution in [0.25, 0.3) is 0 Å². The van der Waals surface area contributed by atoms with Crippen LogP contribution in [0.15, 0.2) is 12.2 Å². The van der Waals surface area contributed by atoms with Crippen LogP contribution in [0.1, 0.15) is 113 Å². The number of aliphatic hydroxyl groups excluding tert-OH is 1. The predicted molar refractivity (Wildman–Crippen MR) is 131 cm³/mol. The summed E-state index contributed by atoms with van der Waals surface area (Å²) in [6.07, 6.45) is 11.1. The third kappa shape index (κ3) is 2.49. The van der Waals surface area contributed by atoms with Gasteiger partial charge < -0.3 is 5.11 Å². The first-order chi connectivity index (χ1) is 14.7. The van der Waals surface area contributed by atoms with E-state index in [4.69, 9.17) is 0 Å². The molecule has 5 saturated carbocycles. The molecule has 5 aliphatic carbocycles. The molecule has 32 heavy (non-hydrogen) atoms. The first-order valence-electron chi connectivity index (χ1n) is 13.6. The second-order valence-corrected chi connectivity index (χ2v) is 14.8. The van der Waals surface area contributed by atoms with E-state index in [9.17, 15) is 9.90 Å². The number of fused-ring (bicyclic) bond motifs is 5.